The summed E-state index contributed by atoms with van der Waals surface area (Å²) in [6, 6.07) is 7.44. The number of nitrogens with zero attached hydrogens (tertiary/aromatic N) is 1. The third kappa shape index (κ3) is 4.08. The van der Waals surface area contributed by atoms with Crippen molar-refractivity contribution in [2.45, 2.75) is 6.54 Å². The van der Waals surface area contributed by atoms with Gasteiger partial charge in [-0.2, -0.15) is 0 Å². The van der Waals surface area contributed by atoms with E-state index in [9.17, 15) is 4.79 Å². The highest BCUT2D eigenvalue weighted by Gasteiger charge is 2.08. The average Bonchev–Trinajstić information content (AvgIpc) is 2.20. The average molecular weight is 249 g/mol. The molecule has 2 N–H and O–H groups in total. The Labute approximate surface area is 101 Å². The van der Waals surface area contributed by atoms with Gasteiger partial charge >= 0.3 is 0 Å². The van der Waals surface area contributed by atoms with Crippen LogP contribution < -0.4 is 5.73 Å². The minimum Gasteiger partial charge on any atom is -0.340 e. The Hall–Kier alpha value is -0.770. The Morgan fingerprint density at radius 2 is 2.07 bits per heavy atom. The lowest BCUT2D eigenvalue weighted by atomic mass is 10.2. The van der Waals surface area contributed by atoms with Gasteiger partial charge in [0, 0.05) is 18.6 Å². The number of carbonyl (C=O) groups is 1. The van der Waals surface area contributed by atoms with E-state index < -0.39 is 0 Å². The first-order chi connectivity index (χ1) is 6.65. The Kier molecular flexibility index (Phi) is 6.32. The Morgan fingerprint density at radius 3 is 2.60 bits per heavy atom. The van der Waals surface area contributed by atoms with E-state index in [2.05, 4.69) is 0 Å². The maximum Gasteiger partial charge on any atom is 0.236 e. The van der Waals surface area contributed by atoms with Crippen LogP contribution in [0.25, 0.3) is 0 Å². The zero-order valence-electron chi connectivity index (χ0n) is 8.44. The van der Waals surface area contributed by atoms with E-state index in [0.717, 1.165) is 5.56 Å². The molecule has 5 heteroatoms. The van der Waals surface area contributed by atoms with Gasteiger partial charge in [0.15, 0.2) is 0 Å². The highest BCUT2D eigenvalue weighted by molar-refractivity contribution is 6.31. The van der Waals surface area contributed by atoms with Crippen LogP contribution in [0.15, 0.2) is 24.3 Å². The molecule has 15 heavy (non-hydrogen) atoms. The lowest BCUT2D eigenvalue weighted by Crippen LogP contribution is -2.32. The van der Waals surface area contributed by atoms with E-state index in [1.54, 1.807) is 18.0 Å². The quantitative estimate of drug-likeness (QED) is 0.885. The summed E-state index contributed by atoms with van der Waals surface area (Å²) in [5, 5.41) is 0.671. The Morgan fingerprint density at radius 1 is 1.47 bits per heavy atom. The van der Waals surface area contributed by atoms with Crippen molar-refractivity contribution in [3.63, 3.8) is 0 Å². The summed E-state index contributed by atoms with van der Waals surface area (Å²) in [5.74, 6) is -0.0927. The number of nitrogens with two attached hydrogens (primary N) is 1. The SMILES string of the molecule is CN(Cc1ccccc1Cl)C(=O)CN.Cl. The van der Waals surface area contributed by atoms with Gasteiger partial charge < -0.3 is 10.6 Å². The van der Waals surface area contributed by atoms with Gasteiger partial charge in [-0.15, -0.1) is 12.4 Å². The predicted octanol–water partition coefficient (Wildman–Crippen LogP) is 1.68. The molecule has 0 saturated carbocycles. The van der Waals surface area contributed by atoms with Crippen molar-refractivity contribution in [3.05, 3.63) is 34.9 Å². The van der Waals surface area contributed by atoms with Crippen molar-refractivity contribution in [2.24, 2.45) is 5.73 Å². The molecule has 0 saturated heterocycles. The topological polar surface area (TPSA) is 46.3 Å². The summed E-state index contributed by atoms with van der Waals surface area (Å²) in [4.78, 5) is 12.7. The second-order valence-corrected chi connectivity index (χ2v) is 3.45. The summed E-state index contributed by atoms with van der Waals surface area (Å²) in [6.45, 7) is 0.524. The lowest BCUT2D eigenvalue weighted by molar-refractivity contribution is -0.128. The second-order valence-electron chi connectivity index (χ2n) is 3.05. The molecule has 0 spiro atoms. The molecule has 1 rings (SSSR count). The molecule has 0 radical (unpaired) electrons. The smallest absolute Gasteiger partial charge is 0.236 e. The molecular formula is C10H14Cl2N2O. The Bertz CT molecular complexity index is 331. The fraction of sp³-hybridized carbons (Fsp3) is 0.300. The largest absolute Gasteiger partial charge is 0.340 e. The summed E-state index contributed by atoms with van der Waals surface area (Å²) < 4.78 is 0. The zero-order chi connectivity index (χ0) is 10.6. The van der Waals surface area contributed by atoms with Crippen molar-refractivity contribution in [2.75, 3.05) is 13.6 Å². The molecule has 0 atom stereocenters. The number of amides is 1. The van der Waals surface area contributed by atoms with Gasteiger partial charge in [-0.3, -0.25) is 4.79 Å². The Balaban J connectivity index is 0.00000196. The zero-order valence-corrected chi connectivity index (χ0v) is 10.0. The molecule has 0 aromatic heterocycles. The van der Waals surface area contributed by atoms with Crippen molar-refractivity contribution in [1.82, 2.24) is 4.90 Å². The first-order valence-corrected chi connectivity index (χ1v) is 4.70. The van der Waals surface area contributed by atoms with Crippen molar-refractivity contribution < 1.29 is 4.79 Å². The number of likely N-dealkylation sites (N-methyl/N-ethyl adjacent to an activating group) is 1. The van der Waals surface area contributed by atoms with Crippen molar-refractivity contribution in [3.8, 4) is 0 Å². The molecule has 3 nitrogen and oxygen atoms in total. The third-order valence-corrected chi connectivity index (χ3v) is 2.33. The summed E-state index contributed by atoms with van der Waals surface area (Å²) in [7, 11) is 1.71. The molecule has 0 heterocycles. The van der Waals surface area contributed by atoms with Crippen LogP contribution in [0.5, 0.6) is 0 Å². The van der Waals surface area contributed by atoms with E-state index in [4.69, 9.17) is 17.3 Å². The standard InChI is InChI=1S/C10H13ClN2O.ClH/c1-13(10(14)6-12)7-8-4-2-3-5-9(8)11;/h2-5H,6-7,12H2,1H3;1H. The first kappa shape index (κ1) is 14.2. The van der Waals surface area contributed by atoms with Gasteiger partial charge in [-0.25, -0.2) is 0 Å². The van der Waals surface area contributed by atoms with Gasteiger partial charge in [-0.1, -0.05) is 29.8 Å². The molecule has 0 bridgehead atoms. The highest BCUT2D eigenvalue weighted by atomic mass is 35.5. The monoisotopic (exact) mass is 248 g/mol. The van der Waals surface area contributed by atoms with Gasteiger partial charge in [0.05, 0.1) is 6.54 Å². The van der Waals surface area contributed by atoms with Gasteiger partial charge in [-0.05, 0) is 11.6 Å². The van der Waals surface area contributed by atoms with E-state index in [1.165, 1.54) is 0 Å². The van der Waals surface area contributed by atoms with Gasteiger partial charge in [0.25, 0.3) is 0 Å². The molecule has 0 fully saturated rings. The van der Waals surface area contributed by atoms with E-state index in [0.29, 0.717) is 11.6 Å². The van der Waals surface area contributed by atoms with E-state index in [-0.39, 0.29) is 24.9 Å². The van der Waals surface area contributed by atoms with Crippen LogP contribution in [-0.2, 0) is 11.3 Å². The van der Waals surface area contributed by atoms with Gasteiger partial charge in [0.1, 0.15) is 0 Å². The van der Waals surface area contributed by atoms with Crippen LogP contribution in [0.4, 0.5) is 0 Å². The molecule has 0 aliphatic heterocycles. The number of carbonyl (C=O) groups excluding carboxylic acids is 1. The molecule has 0 aliphatic rings. The molecule has 0 aliphatic carbocycles. The molecule has 84 valence electrons. The second kappa shape index (κ2) is 6.67. The van der Waals surface area contributed by atoms with Gasteiger partial charge in [0.2, 0.25) is 5.91 Å². The summed E-state index contributed by atoms with van der Waals surface area (Å²) in [5.41, 5.74) is 6.17. The third-order valence-electron chi connectivity index (χ3n) is 1.97. The normalized spacial score (nSPS) is 9.27. The van der Waals surface area contributed by atoms with Crippen LogP contribution in [0.2, 0.25) is 5.02 Å². The summed E-state index contributed by atoms with van der Waals surface area (Å²) in [6.07, 6.45) is 0. The lowest BCUT2D eigenvalue weighted by Gasteiger charge is -2.16. The summed E-state index contributed by atoms with van der Waals surface area (Å²) >= 11 is 5.95. The number of hydrogen-bond donors (Lipinski definition) is 1. The minimum atomic E-state index is -0.0927. The number of benzene rings is 1. The maximum absolute atomic E-state index is 11.2. The number of hydrogen-bond acceptors (Lipinski definition) is 2. The highest BCUT2D eigenvalue weighted by Crippen LogP contribution is 2.16. The van der Waals surface area contributed by atoms with Crippen LogP contribution >= 0.6 is 24.0 Å². The maximum atomic E-state index is 11.2. The van der Waals surface area contributed by atoms with E-state index >= 15 is 0 Å². The molecule has 1 aromatic rings. The van der Waals surface area contributed by atoms with Crippen LogP contribution in [0, 0.1) is 0 Å². The predicted molar refractivity (Wildman–Crippen MR) is 64.2 cm³/mol. The molecular weight excluding hydrogens is 235 g/mol. The number of rotatable bonds is 3. The van der Waals surface area contributed by atoms with Crippen LogP contribution in [0.1, 0.15) is 5.56 Å². The number of halogens is 2. The van der Waals surface area contributed by atoms with Crippen molar-refractivity contribution in [1.29, 1.82) is 0 Å². The molecule has 1 amide bonds. The molecule has 0 unspecified atom stereocenters. The van der Waals surface area contributed by atoms with E-state index in [1.807, 2.05) is 18.2 Å². The van der Waals surface area contributed by atoms with Crippen LogP contribution in [0.3, 0.4) is 0 Å². The fourth-order valence-electron chi connectivity index (χ4n) is 1.13. The van der Waals surface area contributed by atoms with Crippen molar-refractivity contribution >= 4 is 29.9 Å². The fourth-order valence-corrected chi connectivity index (χ4v) is 1.32. The first-order valence-electron chi connectivity index (χ1n) is 4.32. The molecule has 1 aromatic carbocycles. The minimum absolute atomic E-state index is 0. The van der Waals surface area contributed by atoms with Crippen LogP contribution in [-0.4, -0.2) is 24.4 Å².